The van der Waals surface area contributed by atoms with Crippen LogP contribution in [0.15, 0.2) is 35.7 Å². The molecule has 134 valence electrons. The molecule has 0 aliphatic heterocycles. The SMILES string of the molecule is CC(C)C[C@H](N[C@H](N)C(=O)Nc1csc(-c2ccccc2)n1)C(=O)O. The summed E-state index contributed by atoms with van der Waals surface area (Å²) in [7, 11) is 0. The lowest BCUT2D eigenvalue weighted by Gasteiger charge is -2.20. The smallest absolute Gasteiger partial charge is 0.320 e. The zero-order valence-corrected chi connectivity index (χ0v) is 14.9. The standard InChI is InChI=1S/C17H22N4O3S/c1-10(2)8-12(17(23)24)19-14(18)15(22)20-13-9-25-16(21-13)11-6-4-3-5-7-11/h3-7,9-10,12,14,19H,8,18H2,1-2H3,(H,20,22)(H,23,24)/t12-,14-/m0/s1. The summed E-state index contributed by atoms with van der Waals surface area (Å²) in [5.74, 6) is -1.01. The number of carboxylic acid groups (broad SMARTS) is 1. The molecule has 1 heterocycles. The minimum Gasteiger partial charge on any atom is -0.480 e. The molecule has 0 spiro atoms. The first-order chi connectivity index (χ1) is 11.9. The highest BCUT2D eigenvalue weighted by Gasteiger charge is 2.24. The summed E-state index contributed by atoms with van der Waals surface area (Å²) in [4.78, 5) is 27.8. The molecule has 2 atom stereocenters. The molecule has 1 amide bonds. The minimum absolute atomic E-state index is 0.163. The monoisotopic (exact) mass is 362 g/mol. The molecule has 0 aliphatic rings. The lowest BCUT2D eigenvalue weighted by molar-refractivity contribution is -0.140. The number of hydrogen-bond acceptors (Lipinski definition) is 6. The molecule has 0 aliphatic carbocycles. The number of amides is 1. The molecule has 8 heteroatoms. The van der Waals surface area contributed by atoms with E-state index in [0.29, 0.717) is 12.2 Å². The first-order valence-electron chi connectivity index (χ1n) is 7.93. The van der Waals surface area contributed by atoms with Crippen molar-refractivity contribution in [2.24, 2.45) is 11.7 Å². The Morgan fingerprint density at radius 3 is 2.56 bits per heavy atom. The largest absolute Gasteiger partial charge is 0.480 e. The summed E-state index contributed by atoms with van der Waals surface area (Å²) in [5.41, 5.74) is 6.74. The lowest BCUT2D eigenvalue weighted by atomic mass is 10.0. The first kappa shape index (κ1) is 19.0. The summed E-state index contributed by atoms with van der Waals surface area (Å²) in [6, 6.07) is 8.73. The molecule has 2 rings (SSSR count). The maximum absolute atomic E-state index is 12.2. The number of nitrogens with one attached hydrogen (secondary N) is 2. The Morgan fingerprint density at radius 1 is 1.28 bits per heavy atom. The molecule has 2 aromatic rings. The van der Waals surface area contributed by atoms with E-state index < -0.39 is 24.1 Å². The topological polar surface area (TPSA) is 117 Å². The number of aliphatic carboxylic acids is 1. The molecule has 7 nitrogen and oxygen atoms in total. The van der Waals surface area contributed by atoms with Gasteiger partial charge < -0.3 is 16.2 Å². The number of nitrogens with zero attached hydrogens (tertiary/aromatic N) is 1. The average Bonchev–Trinajstić information content (AvgIpc) is 3.03. The van der Waals surface area contributed by atoms with E-state index in [0.717, 1.165) is 10.6 Å². The van der Waals surface area contributed by atoms with Crippen LogP contribution in [0.2, 0.25) is 0 Å². The summed E-state index contributed by atoms with van der Waals surface area (Å²) in [6.45, 7) is 3.81. The van der Waals surface area contributed by atoms with Gasteiger partial charge in [-0.15, -0.1) is 11.3 Å². The molecular weight excluding hydrogens is 340 g/mol. The number of carbonyl (C=O) groups is 2. The van der Waals surface area contributed by atoms with Crippen molar-refractivity contribution in [1.29, 1.82) is 0 Å². The maximum atomic E-state index is 12.2. The lowest BCUT2D eigenvalue weighted by Crippen LogP contribution is -2.54. The fraction of sp³-hybridized carbons (Fsp3) is 0.353. The molecule has 0 saturated heterocycles. The number of rotatable bonds is 8. The third-order valence-electron chi connectivity index (χ3n) is 3.44. The molecule has 0 bridgehead atoms. The van der Waals surface area contributed by atoms with Crippen LogP contribution in [-0.4, -0.2) is 34.2 Å². The number of carbonyl (C=O) groups excluding carboxylic acids is 1. The zero-order chi connectivity index (χ0) is 18.4. The van der Waals surface area contributed by atoms with Gasteiger partial charge in [0.2, 0.25) is 0 Å². The van der Waals surface area contributed by atoms with Gasteiger partial charge in [0, 0.05) is 10.9 Å². The number of anilines is 1. The summed E-state index contributed by atoms with van der Waals surface area (Å²) in [5, 5.41) is 17.0. The van der Waals surface area contributed by atoms with Gasteiger partial charge in [-0.05, 0) is 12.3 Å². The molecule has 0 saturated carbocycles. The Bertz CT molecular complexity index is 718. The van der Waals surface area contributed by atoms with Gasteiger partial charge in [0.05, 0.1) is 0 Å². The first-order valence-corrected chi connectivity index (χ1v) is 8.81. The average molecular weight is 362 g/mol. The summed E-state index contributed by atoms with van der Waals surface area (Å²) < 4.78 is 0. The van der Waals surface area contributed by atoms with Crippen LogP contribution < -0.4 is 16.4 Å². The third-order valence-corrected chi connectivity index (χ3v) is 4.34. The Morgan fingerprint density at radius 2 is 1.96 bits per heavy atom. The van der Waals surface area contributed by atoms with Crippen molar-refractivity contribution < 1.29 is 14.7 Å². The minimum atomic E-state index is -1.14. The van der Waals surface area contributed by atoms with Crippen molar-refractivity contribution in [3.05, 3.63) is 35.7 Å². The number of nitrogens with two attached hydrogens (primary N) is 1. The van der Waals surface area contributed by atoms with E-state index in [9.17, 15) is 14.7 Å². The number of benzene rings is 1. The van der Waals surface area contributed by atoms with Gasteiger partial charge in [-0.25, -0.2) is 4.98 Å². The van der Waals surface area contributed by atoms with Gasteiger partial charge in [0.1, 0.15) is 23.0 Å². The normalized spacial score (nSPS) is 13.4. The van der Waals surface area contributed by atoms with E-state index in [-0.39, 0.29) is 5.92 Å². The molecule has 0 radical (unpaired) electrons. The van der Waals surface area contributed by atoms with Gasteiger partial charge >= 0.3 is 5.97 Å². The molecular formula is C17H22N4O3S. The molecule has 5 N–H and O–H groups in total. The van der Waals surface area contributed by atoms with Gasteiger partial charge in [-0.2, -0.15) is 0 Å². The Hall–Kier alpha value is -2.29. The van der Waals surface area contributed by atoms with Crippen LogP contribution in [0.5, 0.6) is 0 Å². The van der Waals surface area contributed by atoms with Crippen molar-refractivity contribution >= 4 is 29.0 Å². The van der Waals surface area contributed by atoms with E-state index in [1.54, 1.807) is 5.38 Å². The molecule has 1 aromatic heterocycles. The van der Waals surface area contributed by atoms with Crippen molar-refractivity contribution in [3.63, 3.8) is 0 Å². The maximum Gasteiger partial charge on any atom is 0.320 e. The highest BCUT2D eigenvalue weighted by atomic mass is 32.1. The third kappa shape index (κ3) is 5.63. The predicted molar refractivity (Wildman–Crippen MR) is 98.2 cm³/mol. The van der Waals surface area contributed by atoms with E-state index in [1.165, 1.54) is 11.3 Å². The van der Waals surface area contributed by atoms with Crippen LogP contribution in [0.25, 0.3) is 10.6 Å². The number of hydrogen-bond donors (Lipinski definition) is 4. The summed E-state index contributed by atoms with van der Waals surface area (Å²) in [6.07, 6.45) is -0.757. The Kier molecular flexibility index (Phi) is 6.63. The number of aromatic nitrogens is 1. The van der Waals surface area contributed by atoms with E-state index in [2.05, 4.69) is 15.6 Å². The Labute approximate surface area is 150 Å². The number of carboxylic acids is 1. The fourth-order valence-electron chi connectivity index (χ4n) is 2.25. The van der Waals surface area contributed by atoms with Gasteiger partial charge in [0.15, 0.2) is 0 Å². The van der Waals surface area contributed by atoms with Crippen molar-refractivity contribution in [2.45, 2.75) is 32.5 Å². The van der Waals surface area contributed by atoms with Gasteiger partial charge in [-0.3, -0.25) is 14.9 Å². The van der Waals surface area contributed by atoms with Crippen LogP contribution in [0.1, 0.15) is 20.3 Å². The second kappa shape index (κ2) is 8.70. The van der Waals surface area contributed by atoms with Crippen molar-refractivity contribution in [1.82, 2.24) is 10.3 Å². The molecule has 25 heavy (non-hydrogen) atoms. The molecule has 0 unspecified atom stereocenters. The van der Waals surface area contributed by atoms with Crippen LogP contribution in [0.4, 0.5) is 5.82 Å². The van der Waals surface area contributed by atoms with Crippen LogP contribution in [0.3, 0.4) is 0 Å². The van der Waals surface area contributed by atoms with Crippen LogP contribution in [0, 0.1) is 5.92 Å². The second-order valence-electron chi connectivity index (χ2n) is 6.06. The van der Waals surface area contributed by atoms with E-state index >= 15 is 0 Å². The molecule has 0 fully saturated rings. The number of thiazole rings is 1. The van der Waals surface area contributed by atoms with E-state index in [4.69, 9.17) is 5.73 Å². The van der Waals surface area contributed by atoms with Crippen molar-refractivity contribution in [3.8, 4) is 10.6 Å². The highest BCUT2D eigenvalue weighted by molar-refractivity contribution is 7.13. The van der Waals surface area contributed by atoms with E-state index in [1.807, 2.05) is 44.2 Å². The second-order valence-corrected chi connectivity index (χ2v) is 6.92. The van der Waals surface area contributed by atoms with Crippen LogP contribution in [-0.2, 0) is 9.59 Å². The zero-order valence-electron chi connectivity index (χ0n) is 14.1. The van der Waals surface area contributed by atoms with Gasteiger partial charge in [-0.1, -0.05) is 44.2 Å². The highest BCUT2D eigenvalue weighted by Crippen LogP contribution is 2.25. The van der Waals surface area contributed by atoms with Crippen LogP contribution >= 0.6 is 11.3 Å². The summed E-state index contributed by atoms with van der Waals surface area (Å²) >= 11 is 1.40. The predicted octanol–water partition coefficient (Wildman–Crippen LogP) is 2.12. The quantitative estimate of drug-likeness (QED) is 0.534. The van der Waals surface area contributed by atoms with Gasteiger partial charge in [0.25, 0.3) is 5.91 Å². The Balaban J connectivity index is 1.97. The van der Waals surface area contributed by atoms with Crippen molar-refractivity contribution in [2.75, 3.05) is 5.32 Å². The fourth-order valence-corrected chi connectivity index (χ4v) is 3.01. The molecule has 1 aromatic carbocycles.